The van der Waals surface area contributed by atoms with E-state index in [0.717, 1.165) is 18.4 Å². The lowest BCUT2D eigenvalue weighted by molar-refractivity contribution is 0.951. The Morgan fingerprint density at radius 1 is 0.844 bits per heavy atom. The number of benzene rings is 4. The van der Waals surface area contributed by atoms with Crippen molar-refractivity contribution in [1.82, 2.24) is 4.98 Å². The molecule has 0 bridgehead atoms. The number of aliphatic imine (C=N–C) groups is 1. The molecule has 0 fully saturated rings. The third-order valence-electron chi connectivity index (χ3n) is 6.35. The molecule has 1 aromatic heterocycles. The molecule has 6 rings (SSSR count). The number of hydrogen-bond donors (Lipinski definition) is 1. The van der Waals surface area contributed by atoms with Crippen LogP contribution in [0.5, 0.6) is 0 Å². The van der Waals surface area contributed by atoms with Gasteiger partial charge in [-0.2, -0.15) is 0 Å². The molecule has 0 saturated carbocycles. The van der Waals surface area contributed by atoms with Gasteiger partial charge in [0.05, 0.1) is 6.54 Å². The smallest absolute Gasteiger partial charge is 0.0639 e. The second-order valence-corrected chi connectivity index (χ2v) is 8.43. The van der Waals surface area contributed by atoms with Crippen LogP contribution in [0.2, 0.25) is 0 Å². The van der Waals surface area contributed by atoms with Crippen molar-refractivity contribution in [2.45, 2.75) is 19.4 Å². The maximum atomic E-state index is 4.61. The highest BCUT2D eigenvalue weighted by atomic mass is 14.7. The first-order chi connectivity index (χ1) is 15.9. The monoisotopic (exact) mass is 412 g/mol. The van der Waals surface area contributed by atoms with Crippen LogP contribution in [0.4, 0.5) is 0 Å². The average Bonchev–Trinajstić information content (AvgIpc) is 3.23. The van der Waals surface area contributed by atoms with Gasteiger partial charge in [-0.1, -0.05) is 91.0 Å². The Bertz CT molecular complexity index is 1470. The summed E-state index contributed by atoms with van der Waals surface area (Å²) in [4.78, 5) is 8.31. The lowest BCUT2D eigenvalue weighted by Gasteiger charge is -2.10. The van der Waals surface area contributed by atoms with Crippen LogP contribution < -0.4 is 0 Å². The molecule has 5 aromatic rings. The summed E-state index contributed by atoms with van der Waals surface area (Å²) in [6.45, 7) is 0.704. The second kappa shape index (κ2) is 7.97. The van der Waals surface area contributed by atoms with Gasteiger partial charge < -0.3 is 4.98 Å². The van der Waals surface area contributed by atoms with Crippen LogP contribution in [0.3, 0.4) is 0 Å². The van der Waals surface area contributed by atoms with Crippen molar-refractivity contribution in [2.24, 2.45) is 4.99 Å². The minimum Gasteiger partial charge on any atom is -0.358 e. The van der Waals surface area contributed by atoms with Crippen LogP contribution in [0.25, 0.3) is 38.9 Å². The van der Waals surface area contributed by atoms with E-state index in [1.807, 2.05) is 12.3 Å². The zero-order valence-electron chi connectivity index (χ0n) is 17.9. The molecule has 154 valence electrons. The van der Waals surface area contributed by atoms with Gasteiger partial charge in [-0.15, -0.1) is 0 Å². The van der Waals surface area contributed by atoms with Crippen molar-refractivity contribution in [2.75, 3.05) is 0 Å². The highest BCUT2D eigenvalue weighted by Crippen LogP contribution is 2.39. The summed E-state index contributed by atoms with van der Waals surface area (Å²) in [6, 6.07) is 30.2. The maximum absolute atomic E-state index is 4.61. The third kappa shape index (κ3) is 3.34. The minimum atomic E-state index is 0.704. The number of nitrogens with zero attached hydrogens (tertiary/aromatic N) is 1. The molecule has 0 atom stereocenters. The number of aryl methyl sites for hydroxylation is 1. The van der Waals surface area contributed by atoms with E-state index in [-0.39, 0.29) is 0 Å². The molecule has 2 heteroatoms. The molecule has 0 aliphatic heterocycles. The van der Waals surface area contributed by atoms with Gasteiger partial charge in [0.25, 0.3) is 0 Å². The third-order valence-corrected chi connectivity index (χ3v) is 6.35. The fraction of sp³-hybridized carbons (Fsp3) is 0.100. The summed E-state index contributed by atoms with van der Waals surface area (Å²) in [5.74, 6) is 0. The molecule has 0 spiro atoms. The normalized spacial score (nSPS) is 13.2. The Labute approximate surface area is 188 Å². The van der Waals surface area contributed by atoms with Gasteiger partial charge in [-0.25, -0.2) is 0 Å². The Morgan fingerprint density at radius 2 is 1.62 bits per heavy atom. The highest BCUT2D eigenvalue weighted by molar-refractivity contribution is 6.16. The Kier molecular flexibility index (Phi) is 4.69. The van der Waals surface area contributed by atoms with E-state index in [0.29, 0.717) is 6.54 Å². The molecule has 2 nitrogen and oxygen atoms in total. The summed E-state index contributed by atoms with van der Waals surface area (Å²) < 4.78 is 0. The molecule has 32 heavy (non-hydrogen) atoms. The summed E-state index contributed by atoms with van der Waals surface area (Å²) >= 11 is 0. The predicted octanol–water partition coefficient (Wildman–Crippen LogP) is 7.57. The molecule has 0 radical (unpaired) electrons. The van der Waals surface area contributed by atoms with Crippen LogP contribution in [-0.4, -0.2) is 11.2 Å². The predicted molar refractivity (Wildman–Crippen MR) is 136 cm³/mol. The van der Waals surface area contributed by atoms with Crippen LogP contribution in [0, 0.1) is 0 Å². The van der Waals surface area contributed by atoms with Crippen LogP contribution >= 0.6 is 0 Å². The van der Waals surface area contributed by atoms with Crippen LogP contribution in [0.1, 0.15) is 28.8 Å². The molecule has 1 aliphatic rings. The molecule has 0 saturated heterocycles. The largest absolute Gasteiger partial charge is 0.358 e. The van der Waals surface area contributed by atoms with Crippen molar-refractivity contribution in [3.63, 3.8) is 0 Å². The number of allylic oxidation sites excluding steroid dienone is 1. The lowest BCUT2D eigenvalue weighted by Crippen LogP contribution is -1.90. The van der Waals surface area contributed by atoms with Gasteiger partial charge in [0.2, 0.25) is 0 Å². The molecule has 0 unspecified atom stereocenters. The van der Waals surface area contributed by atoms with Crippen LogP contribution in [0.15, 0.2) is 96.0 Å². The minimum absolute atomic E-state index is 0.704. The van der Waals surface area contributed by atoms with Crippen molar-refractivity contribution >= 4 is 34.0 Å². The molecular formula is C30H24N2. The number of fused-ring (bicyclic) bond motifs is 5. The van der Waals surface area contributed by atoms with Gasteiger partial charge in [0.15, 0.2) is 0 Å². The van der Waals surface area contributed by atoms with Crippen LogP contribution in [-0.2, 0) is 13.0 Å². The van der Waals surface area contributed by atoms with E-state index < -0.39 is 0 Å². The summed E-state index contributed by atoms with van der Waals surface area (Å²) in [7, 11) is 0. The first-order valence-corrected chi connectivity index (χ1v) is 11.2. The van der Waals surface area contributed by atoms with Crippen molar-refractivity contribution < 1.29 is 0 Å². The van der Waals surface area contributed by atoms with E-state index in [1.54, 1.807) is 0 Å². The number of aromatic amines is 1. The van der Waals surface area contributed by atoms with Gasteiger partial charge in [-0.3, -0.25) is 4.99 Å². The summed E-state index contributed by atoms with van der Waals surface area (Å²) in [5.41, 5.74) is 8.78. The molecule has 0 amide bonds. The summed E-state index contributed by atoms with van der Waals surface area (Å²) in [5, 5.41) is 3.96. The highest BCUT2D eigenvalue weighted by Gasteiger charge is 2.16. The fourth-order valence-corrected chi connectivity index (χ4v) is 4.78. The molecule has 1 aliphatic carbocycles. The van der Waals surface area contributed by atoms with E-state index in [2.05, 4.69) is 101 Å². The topological polar surface area (TPSA) is 28.1 Å². The first-order valence-electron chi connectivity index (χ1n) is 11.2. The molecule has 1 N–H and O–H groups in total. The van der Waals surface area contributed by atoms with Gasteiger partial charge in [0, 0.05) is 28.4 Å². The van der Waals surface area contributed by atoms with Crippen molar-refractivity contribution in [3.8, 4) is 11.1 Å². The second-order valence-electron chi connectivity index (χ2n) is 8.43. The Balaban J connectivity index is 1.38. The summed E-state index contributed by atoms with van der Waals surface area (Å²) in [6.07, 6.45) is 8.73. The zero-order valence-corrected chi connectivity index (χ0v) is 17.9. The molecular weight excluding hydrogens is 388 g/mol. The number of rotatable bonds is 4. The number of H-pyrrole nitrogens is 1. The lowest BCUT2D eigenvalue weighted by atomic mass is 9.93. The van der Waals surface area contributed by atoms with Crippen molar-refractivity contribution in [1.29, 1.82) is 0 Å². The number of aromatic nitrogens is 1. The molecule has 4 aromatic carbocycles. The SMILES string of the molecule is C1=Cc2c([nH]c3cc(-c4ccc(C=NCc5ccccc5)cc4)c4ccccc4c23)CC1. The number of nitrogens with one attached hydrogen (secondary N) is 1. The van der Waals surface area contributed by atoms with E-state index in [9.17, 15) is 0 Å². The van der Waals surface area contributed by atoms with Crippen molar-refractivity contribution in [3.05, 3.63) is 113 Å². The Morgan fingerprint density at radius 3 is 2.47 bits per heavy atom. The quantitative estimate of drug-likeness (QED) is 0.295. The maximum Gasteiger partial charge on any atom is 0.0639 e. The number of hydrogen-bond acceptors (Lipinski definition) is 1. The van der Waals surface area contributed by atoms with E-state index in [1.165, 1.54) is 49.6 Å². The zero-order chi connectivity index (χ0) is 21.3. The van der Waals surface area contributed by atoms with Gasteiger partial charge in [-0.05, 0) is 51.9 Å². The van der Waals surface area contributed by atoms with E-state index in [4.69, 9.17) is 0 Å². The van der Waals surface area contributed by atoms with E-state index >= 15 is 0 Å². The average molecular weight is 413 g/mol. The first kappa shape index (κ1) is 18.8. The van der Waals surface area contributed by atoms with Gasteiger partial charge >= 0.3 is 0 Å². The fourth-order valence-electron chi connectivity index (χ4n) is 4.78. The van der Waals surface area contributed by atoms with Gasteiger partial charge in [0.1, 0.15) is 0 Å². The standard InChI is InChI=1S/C30H24N2/c1-2-8-21(9-3-1)19-31-20-22-14-16-23(17-15-22)27-18-29-30(25-11-5-4-10-24(25)27)26-12-6-7-13-28(26)32-29/h1-6,8-12,14-18,20,32H,7,13,19H2. The molecule has 1 heterocycles. The Hall–Kier alpha value is -3.91.